The standard InChI is InChI=1S/C65H45N/c1-5-20-46(21-6-1)47-36-40-55(41-37-47)66(56-42-38-48(39-43-56)50-25-19-26-51(44-50)58-32-16-15-31-57(58)49-22-7-2-8-23-49)64-59-33-14-13-24-52(59)45-62-63(64)60-34-17-18-35-61(60)65(62,53-27-9-3-10-28-53)54-29-11-4-12-30-54/h1-45H. The summed E-state index contributed by atoms with van der Waals surface area (Å²) in [6.07, 6.45) is 0. The molecular formula is C65H45N. The average molecular weight is 840 g/mol. The molecule has 0 saturated carbocycles. The second-order valence-corrected chi connectivity index (χ2v) is 17.2. The monoisotopic (exact) mass is 839 g/mol. The van der Waals surface area contributed by atoms with E-state index < -0.39 is 5.41 Å². The Bertz CT molecular complexity index is 3450. The van der Waals surface area contributed by atoms with E-state index in [1.165, 1.54) is 88.8 Å². The molecule has 66 heavy (non-hydrogen) atoms. The lowest BCUT2D eigenvalue weighted by molar-refractivity contribution is 0.769. The fourth-order valence-electron chi connectivity index (χ4n) is 10.6. The Morgan fingerprint density at radius 1 is 0.273 bits per heavy atom. The van der Waals surface area contributed by atoms with Gasteiger partial charge in [-0.05, 0) is 114 Å². The van der Waals surface area contributed by atoms with Gasteiger partial charge in [0.05, 0.1) is 11.1 Å². The summed E-state index contributed by atoms with van der Waals surface area (Å²) in [5.41, 5.74) is 20.0. The fraction of sp³-hybridized carbons (Fsp3) is 0.0154. The molecule has 1 nitrogen and oxygen atoms in total. The van der Waals surface area contributed by atoms with Crippen molar-refractivity contribution in [2.45, 2.75) is 5.41 Å². The maximum Gasteiger partial charge on any atom is 0.0714 e. The molecule has 1 aliphatic rings. The highest BCUT2D eigenvalue weighted by atomic mass is 15.1. The topological polar surface area (TPSA) is 3.24 Å². The molecular weight excluding hydrogens is 795 g/mol. The molecule has 0 atom stereocenters. The second kappa shape index (κ2) is 16.6. The highest BCUT2D eigenvalue weighted by molar-refractivity contribution is 6.11. The minimum absolute atomic E-state index is 0.552. The zero-order chi connectivity index (χ0) is 43.9. The zero-order valence-electron chi connectivity index (χ0n) is 36.4. The normalized spacial score (nSPS) is 12.4. The first-order chi connectivity index (χ1) is 32.8. The number of hydrogen-bond acceptors (Lipinski definition) is 1. The van der Waals surface area contributed by atoms with E-state index in [-0.39, 0.29) is 0 Å². The minimum Gasteiger partial charge on any atom is -0.309 e. The van der Waals surface area contributed by atoms with Gasteiger partial charge in [-0.2, -0.15) is 0 Å². The van der Waals surface area contributed by atoms with E-state index in [1.54, 1.807) is 0 Å². The molecule has 0 fully saturated rings. The molecule has 0 unspecified atom stereocenters. The lowest BCUT2D eigenvalue weighted by Gasteiger charge is -2.35. The van der Waals surface area contributed by atoms with Crippen molar-refractivity contribution in [3.05, 3.63) is 295 Å². The Morgan fingerprint density at radius 3 is 1.33 bits per heavy atom. The van der Waals surface area contributed by atoms with Gasteiger partial charge in [0.15, 0.2) is 0 Å². The Labute approximate surface area is 387 Å². The molecule has 0 aromatic heterocycles. The van der Waals surface area contributed by atoms with Crippen LogP contribution in [0.3, 0.4) is 0 Å². The van der Waals surface area contributed by atoms with E-state index in [4.69, 9.17) is 0 Å². The number of hydrogen-bond donors (Lipinski definition) is 0. The van der Waals surface area contributed by atoms with Crippen LogP contribution in [0.25, 0.3) is 66.4 Å². The molecule has 1 aliphatic carbocycles. The molecule has 0 spiro atoms. The van der Waals surface area contributed by atoms with Gasteiger partial charge in [-0.3, -0.25) is 0 Å². The van der Waals surface area contributed by atoms with E-state index >= 15 is 0 Å². The predicted octanol–water partition coefficient (Wildman–Crippen LogP) is 17.3. The number of benzene rings is 11. The number of nitrogens with zero attached hydrogens (tertiary/aromatic N) is 1. The molecule has 11 aromatic rings. The fourth-order valence-corrected chi connectivity index (χ4v) is 10.6. The first-order valence-electron chi connectivity index (χ1n) is 22.8. The van der Waals surface area contributed by atoms with Crippen molar-refractivity contribution in [2.75, 3.05) is 4.90 Å². The Balaban J connectivity index is 1.08. The highest BCUT2D eigenvalue weighted by Gasteiger charge is 2.48. The summed E-state index contributed by atoms with van der Waals surface area (Å²) in [4.78, 5) is 2.51. The van der Waals surface area contributed by atoms with Gasteiger partial charge < -0.3 is 4.90 Å². The van der Waals surface area contributed by atoms with Crippen LogP contribution < -0.4 is 4.90 Å². The van der Waals surface area contributed by atoms with Crippen LogP contribution in [0.2, 0.25) is 0 Å². The Hall–Kier alpha value is -8.52. The summed E-state index contributed by atoms with van der Waals surface area (Å²) in [5, 5.41) is 2.40. The lowest BCUT2D eigenvalue weighted by Crippen LogP contribution is -2.28. The van der Waals surface area contributed by atoms with E-state index in [1.807, 2.05) is 0 Å². The van der Waals surface area contributed by atoms with Gasteiger partial charge in [0.2, 0.25) is 0 Å². The summed E-state index contributed by atoms with van der Waals surface area (Å²) in [6, 6.07) is 100. The highest BCUT2D eigenvalue weighted by Crippen LogP contribution is 2.61. The average Bonchev–Trinajstić information content (AvgIpc) is 3.70. The maximum atomic E-state index is 2.51. The first-order valence-corrected chi connectivity index (χ1v) is 22.8. The summed E-state index contributed by atoms with van der Waals surface area (Å²) < 4.78 is 0. The third kappa shape index (κ3) is 6.56. The Kier molecular flexibility index (Phi) is 9.81. The molecule has 0 amide bonds. The van der Waals surface area contributed by atoms with Gasteiger partial charge in [0, 0.05) is 22.3 Å². The summed E-state index contributed by atoms with van der Waals surface area (Å²) in [5.74, 6) is 0. The van der Waals surface area contributed by atoms with Crippen molar-refractivity contribution in [1.82, 2.24) is 0 Å². The summed E-state index contributed by atoms with van der Waals surface area (Å²) in [7, 11) is 0. The van der Waals surface area contributed by atoms with Crippen LogP contribution in [0.5, 0.6) is 0 Å². The molecule has 0 aliphatic heterocycles. The van der Waals surface area contributed by atoms with E-state index in [9.17, 15) is 0 Å². The van der Waals surface area contributed by atoms with Crippen LogP contribution in [0.15, 0.2) is 273 Å². The van der Waals surface area contributed by atoms with Crippen LogP contribution in [-0.2, 0) is 5.41 Å². The van der Waals surface area contributed by atoms with Gasteiger partial charge in [-0.25, -0.2) is 0 Å². The minimum atomic E-state index is -0.552. The number of rotatable bonds is 9. The van der Waals surface area contributed by atoms with Crippen molar-refractivity contribution < 1.29 is 0 Å². The third-order valence-electron chi connectivity index (χ3n) is 13.5. The molecule has 11 aromatic carbocycles. The van der Waals surface area contributed by atoms with Crippen molar-refractivity contribution in [2.24, 2.45) is 0 Å². The molecule has 0 saturated heterocycles. The van der Waals surface area contributed by atoms with E-state index in [2.05, 4.69) is 278 Å². The van der Waals surface area contributed by atoms with Crippen LogP contribution in [0.4, 0.5) is 17.1 Å². The second-order valence-electron chi connectivity index (χ2n) is 17.2. The number of anilines is 3. The molecule has 12 rings (SSSR count). The SMILES string of the molecule is c1ccc(-c2ccc(N(c3ccc(-c4cccc(-c5ccccc5-c5ccccc5)c4)cc3)c3c4c(cc5ccccc35)C(c3ccccc3)(c3ccccc3)c3ccccc3-4)cc2)cc1. The number of fused-ring (bicyclic) bond motifs is 4. The predicted molar refractivity (Wildman–Crippen MR) is 278 cm³/mol. The summed E-state index contributed by atoms with van der Waals surface area (Å²) in [6.45, 7) is 0. The van der Waals surface area contributed by atoms with Crippen molar-refractivity contribution in [3.63, 3.8) is 0 Å². The van der Waals surface area contributed by atoms with Crippen LogP contribution in [0.1, 0.15) is 22.3 Å². The van der Waals surface area contributed by atoms with E-state index in [0.717, 1.165) is 16.9 Å². The molecule has 0 heterocycles. The quantitative estimate of drug-likeness (QED) is 0.140. The van der Waals surface area contributed by atoms with Gasteiger partial charge in [-0.15, -0.1) is 0 Å². The molecule has 0 N–H and O–H groups in total. The van der Waals surface area contributed by atoms with Gasteiger partial charge in [-0.1, -0.05) is 237 Å². The maximum absolute atomic E-state index is 2.51. The van der Waals surface area contributed by atoms with Crippen molar-refractivity contribution in [1.29, 1.82) is 0 Å². The van der Waals surface area contributed by atoms with E-state index in [0.29, 0.717) is 0 Å². The summed E-state index contributed by atoms with van der Waals surface area (Å²) >= 11 is 0. The van der Waals surface area contributed by atoms with Crippen LogP contribution in [-0.4, -0.2) is 0 Å². The van der Waals surface area contributed by atoms with Gasteiger partial charge >= 0.3 is 0 Å². The van der Waals surface area contributed by atoms with Gasteiger partial charge in [0.25, 0.3) is 0 Å². The molecule has 310 valence electrons. The van der Waals surface area contributed by atoms with Crippen LogP contribution >= 0.6 is 0 Å². The Morgan fingerprint density at radius 2 is 0.712 bits per heavy atom. The van der Waals surface area contributed by atoms with Gasteiger partial charge in [0.1, 0.15) is 0 Å². The first kappa shape index (κ1) is 39.1. The lowest BCUT2D eigenvalue weighted by atomic mass is 9.67. The largest absolute Gasteiger partial charge is 0.309 e. The molecule has 0 bridgehead atoms. The molecule has 1 heteroatoms. The van der Waals surface area contributed by atoms with Crippen molar-refractivity contribution in [3.8, 4) is 55.6 Å². The smallest absolute Gasteiger partial charge is 0.0714 e. The third-order valence-corrected chi connectivity index (χ3v) is 13.5. The zero-order valence-corrected chi connectivity index (χ0v) is 36.4. The van der Waals surface area contributed by atoms with Crippen molar-refractivity contribution >= 4 is 27.8 Å². The molecule has 0 radical (unpaired) electrons. The van der Waals surface area contributed by atoms with Crippen LogP contribution in [0, 0.1) is 0 Å².